The average Bonchev–Trinajstić information content (AvgIpc) is 3.13. The summed E-state index contributed by atoms with van der Waals surface area (Å²) in [5, 5.41) is 0. The Morgan fingerprint density at radius 3 is 2.32 bits per heavy atom. The lowest BCUT2D eigenvalue weighted by molar-refractivity contribution is -0.00572. The van der Waals surface area contributed by atoms with Gasteiger partial charge in [0.25, 0.3) is 17.7 Å². The van der Waals surface area contributed by atoms with Gasteiger partial charge in [0.15, 0.2) is 5.78 Å². The van der Waals surface area contributed by atoms with Crippen LogP contribution in [-0.2, 0) is 0 Å². The third kappa shape index (κ3) is 3.73. The topological polar surface area (TPSA) is 84.0 Å². The zero-order valence-electron chi connectivity index (χ0n) is 20.7. The normalized spacial score (nSPS) is 18.1. The number of amides is 3. The molecule has 3 aromatic carbocycles. The van der Waals surface area contributed by atoms with E-state index in [4.69, 9.17) is 4.74 Å². The fourth-order valence-electron chi connectivity index (χ4n) is 5.67. The Kier molecular flexibility index (Phi) is 5.26. The van der Waals surface area contributed by atoms with E-state index in [9.17, 15) is 19.2 Å². The molecule has 0 saturated carbocycles. The summed E-state index contributed by atoms with van der Waals surface area (Å²) in [5.41, 5.74) is 3.33. The van der Waals surface area contributed by atoms with Crippen LogP contribution in [0.5, 0.6) is 5.75 Å². The number of hydrogen-bond acceptors (Lipinski definition) is 5. The van der Waals surface area contributed by atoms with Crippen molar-refractivity contribution in [3.63, 3.8) is 0 Å². The van der Waals surface area contributed by atoms with Gasteiger partial charge in [-0.1, -0.05) is 29.8 Å². The van der Waals surface area contributed by atoms with Gasteiger partial charge in [-0.05, 0) is 55.8 Å². The molecule has 3 heterocycles. The molecule has 37 heavy (non-hydrogen) atoms. The number of likely N-dealkylation sites (tertiary alicyclic amines) is 1. The Morgan fingerprint density at radius 2 is 1.57 bits per heavy atom. The lowest BCUT2D eigenvalue weighted by atomic mass is 9.82. The first-order valence-corrected chi connectivity index (χ1v) is 12.5. The smallest absolute Gasteiger partial charge is 0.266 e. The van der Waals surface area contributed by atoms with Crippen LogP contribution in [0.3, 0.4) is 0 Å². The minimum Gasteiger partial charge on any atom is -0.486 e. The third-order valence-electron chi connectivity index (χ3n) is 7.69. The van der Waals surface area contributed by atoms with Crippen LogP contribution in [-0.4, -0.2) is 47.1 Å². The molecule has 1 fully saturated rings. The molecule has 3 aliphatic heterocycles. The molecule has 0 bridgehead atoms. The second kappa shape index (κ2) is 8.40. The van der Waals surface area contributed by atoms with E-state index in [0.717, 1.165) is 11.1 Å². The number of ketones is 1. The average molecular weight is 495 g/mol. The van der Waals surface area contributed by atoms with E-state index in [1.807, 2.05) is 44.2 Å². The molecule has 0 atom stereocenters. The number of ether oxygens (including phenoxy) is 1. The molecular formula is C30H26N2O5. The van der Waals surface area contributed by atoms with Crippen molar-refractivity contribution < 1.29 is 23.9 Å². The van der Waals surface area contributed by atoms with Crippen molar-refractivity contribution in [1.29, 1.82) is 0 Å². The molecule has 3 aromatic rings. The quantitative estimate of drug-likeness (QED) is 0.481. The van der Waals surface area contributed by atoms with Gasteiger partial charge in [-0.15, -0.1) is 0 Å². The summed E-state index contributed by atoms with van der Waals surface area (Å²) in [6.45, 7) is 4.70. The molecule has 0 N–H and O–H groups in total. The van der Waals surface area contributed by atoms with Crippen molar-refractivity contribution in [2.75, 3.05) is 18.0 Å². The minimum absolute atomic E-state index is 0.0665. The predicted molar refractivity (Wildman–Crippen MR) is 137 cm³/mol. The fraction of sp³-hybridized carbons (Fsp3) is 0.267. The van der Waals surface area contributed by atoms with Crippen molar-refractivity contribution in [3.05, 3.63) is 94.0 Å². The van der Waals surface area contributed by atoms with E-state index in [1.54, 1.807) is 29.2 Å². The highest BCUT2D eigenvalue weighted by molar-refractivity contribution is 6.35. The molecule has 0 aliphatic carbocycles. The molecule has 7 heteroatoms. The second-order valence-corrected chi connectivity index (χ2v) is 10.2. The van der Waals surface area contributed by atoms with Gasteiger partial charge in [-0.2, -0.15) is 0 Å². The molecule has 0 aromatic heterocycles. The number of imide groups is 1. The van der Waals surface area contributed by atoms with Crippen molar-refractivity contribution in [2.24, 2.45) is 0 Å². The standard InChI is InChI=1S/C30H26N2O5/c1-18-7-10-24(19(2)15-18)32-28(35)21-9-8-20(16-23(21)29(32)36)27(34)31-13-11-30(12-14-31)17-25(33)22-5-3-4-6-26(22)37-30/h3-10,15-16H,11-14,17H2,1-2H3. The molecule has 0 radical (unpaired) electrons. The van der Waals surface area contributed by atoms with E-state index in [2.05, 4.69) is 0 Å². The van der Waals surface area contributed by atoms with Crippen LogP contribution >= 0.6 is 0 Å². The van der Waals surface area contributed by atoms with Crippen molar-refractivity contribution in [2.45, 2.75) is 38.7 Å². The van der Waals surface area contributed by atoms with Gasteiger partial charge < -0.3 is 9.64 Å². The Balaban J connectivity index is 1.20. The van der Waals surface area contributed by atoms with Gasteiger partial charge in [0.2, 0.25) is 0 Å². The Hall–Kier alpha value is -4.26. The lowest BCUT2D eigenvalue weighted by Gasteiger charge is -2.44. The molecule has 1 saturated heterocycles. The number of rotatable bonds is 2. The molecule has 3 aliphatic rings. The predicted octanol–water partition coefficient (Wildman–Crippen LogP) is 4.74. The number of carbonyl (C=O) groups excluding carboxylic acids is 4. The van der Waals surface area contributed by atoms with Crippen LogP contribution in [0.15, 0.2) is 60.7 Å². The largest absolute Gasteiger partial charge is 0.486 e. The summed E-state index contributed by atoms with van der Waals surface area (Å²) in [4.78, 5) is 55.3. The number of fused-ring (bicyclic) bond motifs is 2. The monoisotopic (exact) mass is 494 g/mol. The van der Waals surface area contributed by atoms with E-state index in [1.165, 1.54) is 11.0 Å². The summed E-state index contributed by atoms with van der Waals surface area (Å²) in [6, 6.07) is 17.6. The first kappa shape index (κ1) is 23.2. The molecule has 3 amide bonds. The van der Waals surface area contributed by atoms with Crippen molar-refractivity contribution >= 4 is 29.2 Å². The van der Waals surface area contributed by atoms with Gasteiger partial charge in [0.1, 0.15) is 11.4 Å². The highest BCUT2D eigenvalue weighted by Gasteiger charge is 2.44. The van der Waals surface area contributed by atoms with Crippen LogP contribution in [0, 0.1) is 13.8 Å². The Morgan fingerprint density at radius 1 is 0.838 bits per heavy atom. The fourth-order valence-corrected chi connectivity index (χ4v) is 5.67. The van der Waals surface area contributed by atoms with Crippen LogP contribution in [0.4, 0.5) is 5.69 Å². The molecule has 1 spiro atoms. The van der Waals surface area contributed by atoms with Crippen LogP contribution < -0.4 is 9.64 Å². The molecule has 7 nitrogen and oxygen atoms in total. The van der Waals surface area contributed by atoms with Gasteiger partial charge in [-0.25, -0.2) is 4.90 Å². The maximum absolute atomic E-state index is 13.4. The van der Waals surface area contributed by atoms with Crippen molar-refractivity contribution in [1.82, 2.24) is 4.90 Å². The summed E-state index contributed by atoms with van der Waals surface area (Å²) in [6.07, 6.45) is 1.39. The number of piperidine rings is 1. The number of carbonyl (C=O) groups is 4. The van der Waals surface area contributed by atoms with Crippen LogP contribution in [0.1, 0.15) is 71.8 Å². The second-order valence-electron chi connectivity index (χ2n) is 10.2. The van der Waals surface area contributed by atoms with E-state index in [0.29, 0.717) is 60.5 Å². The van der Waals surface area contributed by atoms with Crippen LogP contribution in [0.25, 0.3) is 0 Å². The highest BCUT2D eigenvalue weighted by Crippen LogP contribution is 2.39. The molecular weight excluding hydrogens is 468 g/mol. The zero-order valence-corrected chi connectivity index (χ0v) is 20.7. The SMILES string of the molecule is Cc1ccc(N2C(=O)c3ccc(C(=O)N4CCC5(CC4)CC(=O)c4ccccc4O5)cc3C2=O)c(C)c1. The molecule has 0 unspecified atom stereocenters. The van der Waals surface area contributed by atoms with Gasteiger partial charge >= 0.3 is 0 Å². The van der Waals surface area contributed by atoms with Crippen LogP contribution in [0.2, 0.25) is 0 Å². The van der Waals surface area contributed by atoms with Gasteiger partial charge in [0.05, 0.1) is 28.8 Å². The summed E-state index contributed by atoms with van der Waals surface area (Å²) in [7, 11) is 0. The number of benzene rings is 3. The van der Waals surface area contributed by atoms with E-state index >= 15 is 0 Å². The third-order valence-corrected chi connectivity index (χ3v) is 7.69. The maximum atomic E-state index is 13.4. The first-order valence-electron chi connectivity index (χ1n) is 12.5. The van der Waals surface area contributed by atoms with Gasteiger partial charge in [-0.3, -0.25) is 19.2 Å². The highest BCUT2D eigenvalue weighted by atomic mass is 16.5. The number of anilines is 1. The van der Waals surface area contributed by atoms with E-state index < -0.39 is 11.5 Å². The van der Waals surface area contributed by atoms with Gasteiger partial charge in [0, 0.05) is 31.5 Å². The first-order chi connectivity index (χ1) is 17.8. The number of Topliss-reactive ketones (excluding diaryl/α,β-unsaturated/α-hetero) is 1. The van der Waals surface area contributed by atoms with Crippen molar-refractivity contribution in [3.8, 4) is 5.75 Å². The summed E-state index contributed by atoms with van der Waals surface area (Å²) < 4.78 is 6.28. The number of hydrogen-bond donors (Lipinski definition) is 0. The Bertz CT molecular complexity index is 1500. The summed E-state index contributed by atoms with van der Waals surface area (Å²) in [5.74, 6) is -0.340. The number of para-hydroxylation sites is 1. The Labute approximate surface area is 214 Å². The zero-order chi connectivity index (χ0) is 25.9. The van der Waals surface area contributed by atoms with E-state index in [-0.39, 0.29) is 23.2 Å². The summed E-state index contributed by atoms with van der Waals surface area (Å²) >= 11 is 0. The molecule has 186 valence electrons. The molecule has 6 rings (SSSR count). The lowest BCUT2D eigenvalue weighted by Crippen LogP contribution is -2.52. The number of aryl methyl sites for hydroxylation is 2. The number of nitrogens with zero attached hydrogens (tertiary/aromatic N) is 2. The maximum Gasteiger partial charge on any atom is 0.266 e. The minimum atomic E-state index is -0.602.